The first-order chi connectivity index (χ1) is 8.79. The van der Waals surface area contributed by atoms with E-state index in [9.17, 15) is 0 Å². The average Bonchev–Trinajstić information content (AvgIpc) is 2.65. The summed E-state index contributed by atoms with van der Waals surface area (Å²) in [6, 6.07) is 6.34. The average molecular weight is 247 g/mol. The first-order valence-electron chi connectivity index (χ1n) is 7.18. The van der Waals surface area contributed by atoms with Crippen LogP contribution in [0.15, 0.2) is 18.2 Å². The summed E-state index contributed by atoms with van der Waals surface area (Å²) < 4.78 is 5.28. The molecular weight excluding hydrogens is 222 g/mol. The molecule has 2 rings (SSSR count). The van der Waals surface area contributed by atoms with Crippen LogP contribution >= 0.6 is 0 Å². The van der Waals surface area contributed by atoms with Crippen LogP contribution in [0.5, 0.6) is 5.75 Å². The third-order valence-electron chi connectivity index (χ3n) is 3.96. The molecule has 0 spiro atoms. The zero-order valence-corrected chi connectivity index (χ0v) is 11.7. The van der Waals surface area contributed by atoms with E-state index in [1.807, 2.05) is 6.07 Å². The maximum absolute atomic E-state index is 5.28. The normalized spacial score (nSPS) is 17.2. The molecular formula is C16H25NO. The van der Waals surface area contributed by atoms with Crippen molar-refractivity contribution in [3.05, 3.63) is 23.8 Å². The molecule has 1 aliphatic carbocycles. The minimum absolute atomic E-state index is 0.856. The van der Waals surface area contributed by atoms with Crippen LogP contribution in [-0.4, -0.2) is 13.7 Å². The van der Waals surface area contributed by atoms with E-state index in [-0.39, 0.29) is 0 Å². The molecule has 1 N–H and O–H groups in total. The smallest absolute Gasteiger partial charge is 0.121 e. The van der Waals surface area contributed by atoms with Crippen molar-refractivity contribution in [1.82, 2.24) is 0 Å². The largest absolute Gasteiger partial charge is 0.496 e. The molecule has 0 saturated heterocycles. The SMILES string of the molecule is COc1ccc(NCC2CCCCCC2)cc1C. The van der Waals surface area contributed by atoms with Gasteiger partial charge in [0.1, 0.15) is 5.75 Å². The third kappa shape index (κ3) is 3.66. The Labute approximate surface area is 111 Å². The van der Waals surface area contributed by atoms with Gasteiger partial charge in [0, 0.05) is 12.2 Å². The van der Waals surface area contributed by atoms with Crippen molar-refractivity contribution in [2.45, 2.75) is 45.4 Å². The topological polar surface area (TPSA) is 21.3 Å². The summed E-state index contributed by atoms with van der Waals surface area (Å²) in [7, 11) is 1.72. The van der Waals surface area contributed by atoms with E-state index < -0.39 is 0 Å². The Morgan fingerprint density at radius 2 is 1.89 bits per heavy atom. The molecule has 1 saturated carbocycles. The number of aryl methyl sites for hydroxylation is 1. The summed E-state index contributed by atoms with van der Waals surface area (Å²) in [6.07, 6.45) is 8.46. The molecule has 0 radical (unpaired) electrons. The highest BCUT2D eigenvalue weighted by Gasteiger charge is 2.11. The molecule has 0 unspecified atom stereocenters. The molecule has 1 aliphatic rings. The van der Waals surface area contributed by atoms with Gasteiger partial charge in [-0.3, -0.25) is 0 Å². The molecule has 1 aromatic carbocycles. The zero-order valence-electron chi connectivity index (χ0n) is 11.7. The Morgan fingerprint density at radius 3 is 2.50 bits per heavy atom. The Kier molecular flexibility index (Phi) is 4.91. The van der Waals surface area contributed by atoms with Crippen molar-refractivity contribution in [3.63, 3.8) is 0 Å². The van der Waals surface area contributed by atoms with E-state index in [0.717, 1.165) is 18.2 Å². The molecule has 0 amide bonds. The first kappa shape index (κ1) is 13.3. The highest BCUT2D eigenvalue weighted by Crippen LogP contribution is 2.25. The van der Waals surface area contributed by atoms with Crippen LogP contribution in [0.3, 0.4) is 0 Å². The first-order valence-corrected chi connectivity index (χ1v) is 7.18. The van der Waals surface area contributed by atoms with Gasteiger partial charge in [0.15, 0.2) is 0 Å². The van der Waals surface area contributed by atoms with Crippen molar-refractivity contribution >= 4 is 5.69 Å². The maximum atomic E-state index is 5.28. The van der Waals surface area contributed by atoms with Gasteiger partial charge in [-0.15, -0.1) is 0 Å². The molecule has 100 valence electrons. The molecule has 2 heteroatoms. The predicted molar refractivity (Wildman–Crippen MR) is 77.4 cm³/mol. The van der Waals surface area contributed by atoms with E-state index >= 15 is 0 Å². The molecule has 1 fully saturated rings. The number of ether oxygens (including phenoxy) is 1. The summed E-state index contributed by atoms with van der Waals surface area (Å²) >= 11 is 0. The molecule has 18 heavy (non-hydrogen) atoms. The van der Waals surface area contributed by atoms with Crippen LogP contribution in [0.25, 0.3) is 0 Å². The molecule has 0 aliphatic heterocycles. The summed E-state index contributed by atoms with van der Waals surface area (Å²) in [5.74, 6) is 1.82. The second-order valence-corrected chi connectivity index (χ2v) is 5.42. The molecule has 2 nitrogen and oxygen atoms in total. The lowest BCUT2D eigenvalue weighted by Gasteiger charge is -2.16. The van der Waals surface area contributed by atoms with Gasteiger partial charge in [-0.05, 0) is 49.4 Å². The van der Waals surface area contributed by atoms with E-state index in [0.29, 0.717) is 0 Å². The van der Waals surface area contributed by atoms with Gasteiger partial charge >= 0.3 is 0 Å². The fourth-order valence-corrected chi connectivity index (χ4v) is 2.82. The van der Waals surface area contributed by atoms with Crippen LogP contribution < -0.4 is 10.1 Å². The minimum Gasteiger partial charge on any atom is -0.496 e. The van der Waals surface area contributed by atoms with Crippen molar-refractivity contribution in [3.8, 4) is 5.75 Å². The fourth-order valence-electron chi connectivity index (χ4n) is 2.82. The number of hydrogen-bond acceptors (Lipinski definition) is 2. The molecule has 1 aromatic rings. The summed E-state index contributed by atoms with van der Waals surface area (Å²) in [6.45, 7) is 3.21. The van der Waals surface area contributed by atoms with Gasteiger partial charge in [0.2, 0.25) is 0 Å². The standard InChI is InChI=1S/C16H25NO/c1-13-11-15(9-10-16(13)18-2)17-12-14-7-5-3-4-6-8-14/h9-11,14,17H,3-8,12H2,1-2H3. The van der Waals surface area contributed by atoms with Crippen LogP contribution in [0, 0.1) is 12.8 Å². The maximum Gasteiger partial charge on any atom is 0.121 e. The Morgan fingerprint density at radius 1 is 1.17 bits per heavy atom. The Bertz CT molecular complexity index is 367. The second-order valence-electron chi connectivity index (χ2n) is 5.42. The fraction of sp³-hybridized carbons (Fsp3) is 0.625. The van der Waals surface area contributed by atoms with E-state index in [4.69, 9.17) is 4.74 Å². The van der Waals surface area contributed by atoms with Gasteiger partial charge in [-0.25, -0.2) is 0 Å². The lowest BCUT2D eigenvalue weighted by molar-refractivity contribution is 0.411. The minimum atomic E-state index is 0.856. The van der Waals surface area contributed by atoms with Gasteiger partial charge in [-0.1, -0.05) is 25.7 Å². The van der Waals surface area contributed by atoms with Crippen molar-refractivity contribution in [2.75, 3.05) is 19.0 Å². The summed E-state index contributed by atoms with van der Waals surface area (Å²) in [5, 5.41) is 3.58. The highest BCUT2D eigenvalue weighted by atomic mass is 16.5. The van der Waals surface area contributed by atoms with E-state index in [1.54, 1.807) is 7.11 Å². The predicted octanol–water partition coefficient (Wildman–Crippen LogP) is 4.39. The van der Waals surface area contributed by atoms with Crippen LogP contribution in [0.1, 0.15) is 44.1 Å². The van der Waals surface area contributed by atoms with Gasteiger partial charge in [-0.2, -0.15) is 0 Å². The lowest BCUT2D eigenvalue weighted by atomic mass is 10.0. The zero-order chi connectivity index (χ0) is 12.8. The summed E-state index contributed by atoms with van der Waals surface area (Å²) in [4.78, 5) is 0. The van der Waals surface area contributed by atoms with Crippen LogP contribution in [0.2, 0.25) is 0 Å². The quantitative estimate of drug-likeness (QED) is 0.797. The van der Waals surface area contributed by atoms with Gasteiger partial charge in [0.05, 0.1) is 7.11 Å². The highest BCUT2D eigenvalue weighted by molar-refractivity contribution is 5.50. The van der Waals surface area contributed by atoms with Crippen LogP contribution in [0.4, 0.5) is 5.69 Å². The van der Waals surface area contributed by atoms with E-state index in [2.05, 4.69) is 24.4 Å². The number of anilines is 1. The van der Waals surface area contributed by atoms with Crippen molar-refractivity contribution < 1.29 is 4.74 Å². The van der Waals surface area contributed by atoms with Crippen molar-refractivity contribution in [2.24, 2.45) is 5.92 Å². The molecule has 0 aromatic heterocycles. The summed E-state index contributed by atoms with van der Waals surface area (Å²) in [5.41, 5.74) is 2.42. The van der Waals surface area contributed by atoms with Gasteiger partial charge in [0.25, 0.3) is 0 Å². The van der Waals surface area contributed by atoms with E-state index in [1.165, 1.54) is 49.8 Å². The number of rotatable bonds is 4. The number of hydrogen-bond donors (Lipinski definition) is 1. The van der Waals surface area contributed by atoms with Gasteiger partial charge < -0.3 is 10.1 Å². The number of benzene rings is 1. The molecule has 0 atom stereocenters. The number of methoxy groups -OCH3 is 1. The Hall–Kier alpha value is -1.18. The number of nitrogens with one attached hydrogen (secondary N) is 1. The third-order valence-corrected chi connectivity index (χ3v) is 3.96. The molecule has 0 bridgehead atoms. The monoisotopic (exact) mass is 247 g/mol. The van der Waals surface area contributed by atoms with Crippen LogP contribution in [-0.2, 0) is 0 Å². The lowest BCUT2D eigenvalue weighted by Crippen LogP contribution is -2.13. The Balaban J connectivity index is 1.87. The van der Waals surface area contributed by atoms with Crippen molar-refractivity contribution in [1.29, 1.82) is 0 Å². The second kappa shape index (κ2) is 6.67. The molecule has 0 heterocycles.